The first-order chi connectivity index (χ1) is 10.6. The Hall–Kier alpha value is -2.64. The van der Waals surface area contributed by atoms with Gasteiger partial charge in [-0.15, -0.1) is 0 Å². The molecule has 0 aliphatic rings. The molecule has 2 aromatic carbocycles. The van der Waals surface area contributed by atoms with Crippen molar-refractivity contribution in [1.29, 1.82) is 5.26 Å². The predicted octanol–water partition coefficient (Wildman–Crippen LogP) is 3.66. The van der Waals surface area contributed by atoms with Gasteiger partial charge < -0.3 is 10.1 Å². The SMILES string of the molecule is CC(OC(C)c1ccccc1)C(=O)Nc1ccc(C#N)cc1. The number of anilines is 1. The van der Waals surface area contributed by atoms with Gasteiger partial charge in [0.1, 0.15) is 6.10 Å². The zero-order valence-corrected chi connectivity index (χ0v) is 12.6. The number of amides is 1. The molecule has 0 aliphatic carbocycles. The molecule has 0 saturated heterocycles. The van der Waals surface area contributed by atoms with Crippen molar-refractivity contribution in [3.05, 3.63) is 65.7 Å². The Balaban J connectivity index is 1.93. The quantitative estimate of drug-likeness (QED) is 0.915. The van der Waals surface area contributed by atoms with Crippen molar-refractivity contribution >= 4 is 11.6 Å². The molecule has 1 N–H and O–H groups in total. The lowest BCUT2D eigenvalue weighted by Crippen LogP contribution is -2.28. The van der Waals surface area contributed by atoms with Gasteiger partial charge in [0.25, 0.3) is 5.91 Å². The fourth-order valence-corrected chi connectivity index (χ4v) is 2.04. The van der Waals surface area contributed by atoms with Crippen molar-refractivity contribution in [2.75, 3.05) is 5.32 Å². The second-order valence-electron chi connectivity index (χ2n) is 5.01. The molecule has 0 heterocycles. The average molecular weight is 294 g/mol. The third-order valence-electron chi connectivity index (χ3n) is 3.33. The van der Waals surface area contributed by atoms with Crippen molar-refractivity contribution in [1.82, 2.24) is 0 Å². The number of carbonyl (C=O) groups is 1. The summed E-state index contributed by atoms with van der Waals surface area (Å²) in [6.07, 6.45) is -0.742. The van der Waals surface area contributed by atoms with Crippen LogP contribution in [-0.2, 0) is 9.53 Å². The van der Waals surface area contributed by atoms with Gasteiger partial charge in [-0.2, -0.15) is 5.26 Å². The topological polar surface area (TPSA) is 62.1 Å². The van der Waals surface area contributed by atoms with Crippen LogP contribution in [0.25, 0.3) is 0 Å². The number of hydrogen-bond donors (Lipinski definition) is 1. The van der Waals surface area contributed by atoms with E-state index >= 15 is 0 Å². The van der Waals surface area contributed by atoms with E-state index in [9.17, 15) is 4.79 Å². The summed E-state index contributed by atoms with van der Waals surface area (Å²) in [6.45, 7) is 3.64. The van der Waals surface area contributed by atoms with Crippen LogP contribution >= 0.6 is 0 Å². The minimum atomic E-state index is -0.578. The summed E-state index contributed by atoms with van der Waals surface area (Å²) in [4.78, 5) is 12.1. The molecule has 0 spiro atoms. The van der Waals surface area contributed by atoms with Gasteiger partial charge in [0, 0.05) is 5.69 Å². The number of nitriles is 1. The highest BCUT2D eigenvalue weighted by atomic mass is 16.5. The van der Waals surface area contributed by atoms with E-state index < -0.39 is 6.10 Å². The van der Waals surface area contributed by atoms with E-state index in [1.54, 1.807) is 31.2 Å². The fraction of sp³-hybridized carbons (Fsp3) is 0.222. The monoisotopic (exact) mass is 294 g/mol. The minimum absolute atomic E-state index is 0.164. The molecule has 2 aromatic rings. The van der Waals surface area contributed by atoms with Gasteiger partial charge in [-0.3, -0.25) is 4.79 Å². The number of hydrogen-bond acceptors (Lipinski definition) is 3. The fourth-order valence-electron chi connectivity index (χ4n) is 2.04. The molecule has 0 bridgehead atoms. The Labute approximate surface area is 130 Å². The van der Waals surface area contributed by atoms with Gasteiger partial charge in [-0.25, -0.2) is 0 Å². The minimum Gasteiger partial charge on any atom is -0.361 e. The smallest absolute Gasteiger partial charge is 0.253 e. The highest BCUT2D eigenvalue weighted by Crippen LogP contribution is 2.18. The van der Waals surface area contributed by atoms with Gasteiger partial charge in [0.2, 0.25) is 0 Å². The summed E-state index contributed by atoms with van der Waals surface area (Å²) >= 11 is 0. The summed E-state index contributed by atoms with van der Waals surface area (Å²) in [5.41, 5.74) is 2.23. The molecular weight excluding hydrogens is 276 g/mol. The predicted molar refractivity (Wildman–Crippen MR) is 85.2 cm³/mol. The Morgan fingerprint density at radius 1 is 1.09 bits per heavy atom. The van der Waals surface area contributed by atoms with Crippen LogP contribution in [0.5, 0.6) is 0 Å². The number of ether oxygens (including phenoxy) is 1. The number of benzene rings is 2. The van der Waals surface area contributed by atoms with Crippen molar-refractivity contribution in [2.24, 2.45) is 0 Å². The Kier molecular flexibility index (Phi) is 5.29. The molecule has 0 aliphatic heterocycles. The molecule has 0 aromatic heterocycles. The Bertz CT molecular complexity index is 660. The summed E-state index contributed by atoms with van der Waals surface area (Å²) in [5.74, 6) is -0.215. The van der Waals surface area contributed by atoms with E-state index in [4.69, 9.17) is 10.00 Å². The van der Waals surface area contributed by atoms with Crippen molar-refractivity contribution in [2.45, 2.75) is 26.1 Å². The Morgan fingerprint density at radius 2 is 1.73 bits per heavy atom. The molecule has 0 saturated carbocycles. The zero-order chi connectivity index (χ0) is 15.9. The first-order valence-corrected chi connectivity index (χ1v) is 7.11. The molecule has 4 nitrogen and oxygen atoms in total. The Morgan fingerprint density at radius 3 is 2.32 bits per heavy atom. The van der Waals surface area contributed by atoms with Crippen molar-refractivity contribution < 1.29 is 9.53 Å². The molecule has 0 radical (unpaired) electrons. The van der Waals surface area contributed by atoms with Crippen LogP contribution in [0.15, 0.2) is 54.6 Å². The van der Waals surface area contributed by atoms with Crippen LogP contribution in [0.4, 0.5) is 5.69 Å². The summed E-state index contributed by atoms with van der Waals surface area (Å²) in [7, 11) is 0. The van der Waals surface area contributed by atoms with Crippen LogP contribution in [0.3, 0.4) is 0 Å². The summed E-state index contributed by atoms with van der Waals surface area (Å²) < 4.78 is 5.75. The third kappa shape index (κ3) is 4.18. The van der Waals surface area contributed by atoms with Crippen LogP contribution in [0, 0.1) is 11.3 Å². The van der Waals surface area contributed by atoms with Gasteiger partial charge in [0.05, 0.1) is 17.7 Å². The van der Waals surface area contributed by atoms with E-state index in [1.165, 1.54) is 0 Å². The molecule has 0 fully saturated rings. The third-order valence-corrected chi connectivity index (χ3v) is 3.33. The van der Waals surface area contributed by atoms with Crippen LogP contribution in [0.2, 0.25) is 0 Å². The van der Waals surface area contributed by atoms with Crippen LogP contribution < -0.4 is 5.32 Å². The summed E-state index contributed by atoms with van der Waals surface area (Å²) in [5, 5.41) is 11.5. The molecule has 2 atom stereocenters. The van der Waals surface area contributed by atoms with E-state index in [1.807, 2.05) is 43.3 Å². The standard InChI is InChI=1S/C18H18N2O2/c1-13(16-6-4-3-5-7-16)22-14(2)18(21)20-17-10-8-15(12-19)9-11-17/h3-11,13-14H,1-2H3,(H,20,21). The van der Waals surface area contributed by atoms with Crippen LogP contribution in [-0.4, -0.2) is 12.0 Å². The molecular formula is C18H18N2O2. The van der Waals surface area contributed by atoms with E-state index in [0.29, 0.717) is 11.3 Å². The van der Waals surface area contributed by atoms with Crippen LogP contribution in [0.1, 0.15) is 31.1 Å². The second-order valence-corrected chi connectivity index (χ2v) is 5.01. The van der Waals surface area contributed by atoms with E-state index in [-0.39, 0.29) is 12.0 Å². The lowest BCUT2D eigenvalue weighted by molar-refractivity contribution is -0.129. The van der Waals surface area contributed by atoms with Gasteiger partial charge >= 0.3 is 0 Å². The molecule has 4 heteroatoms. The first kappa shape index (κ1) is 15.7. The van der Waals surface area contributed by atoms with Gasteiger partial charge in [-0.1, -0.05) is 30.3 Å². The lowest BCUT2D eigenvalue weighted by atomic mass is 10.1. The van der Waals surface area contributed by atoms with E-state index in [2.05, 4.69) is 5.32 Å². The maximum absolute atomic E-state index is 12.1. The largest absolute Gasteiger partial charge is 0.361 e. The highest BCUT2D eigenvalue weighted by molar-refractivity contribution is 5.93. The van der Waals surface area contributed by atoms with Gasteiger partial charge in [-0.05, 0) is 43.7 Å². The molecule has 112 valence electrons. The summed E-state index contributed by atoms with van der Waals surface area (Å²) in [6, 6.07) is 18.5. The van der Waals surface area contributed by atoms with Crippen molar-refractivity contribution in [3.63, 3.8) is 0 Å². The molecule has 22 heavy (non-hydrogen) atoms. The average Bonchev–Trinajstić information content (AvgIpc) is 2.56. The molecule has 2 unspecified atom stereocenters. The highest BCUT2D eigenvalue weighted by Gasteiger charge is 2.17. The maximum atomic E-state index is 12.1. The van der Waals surface area contributed by atoms with Crippen molar-refractivity contribution in [3.8, 4) is 6.07 Å². The normalized spacial score (nSPS) is 13.0. The number of nitrogens with one attached hydrogen (secondary N) is 1. The molecule has 1 amide bonds. The maximum Gasteiger partial charge on any atom is 0.253 e. The zero-order valence-electron chi connectivity index (χ0n) is 12.6. The first-order valence-electron chi connectivity index (χ1n) is 7.11. The number of carbonyl (C=O) groups excluding carboxylic acids is 1. The number of rotatable bonds is 5. The second kappa shape index (κ2) is 7.39. The number of nitrogens with zero attached hydrogens (tertiary/aromatic N) is 1. The molecule has 2 rings (SSSR count). The lowest BCUT2D eigenvalue weighted by Gasteiger charge is -2.19. The van der Waals surface area contributed by atoms with Gasteiger partial charge in [0.15, 0.2) is 0 Å². The van der Waals surface area contributed by atoms with E-state index in [0.717, 1.165) is 5.56 Å².